The summed E-state index contributed by atoms with van der Waals surface area (Å²) in [6.07, 6.45) is 0.802. The first-order chi connectivity index (χ1) is 18.1. The number of nitrogens with zero attached hydrogens (tertiary/aromatic N) is 1. The zero-order valence-electron chi connectivity index (χ0n) is 20.5. The molecule has 1 heterocycles. The highest BCUT2D eigenvalue weighted by Crippen LogP contribution is 2.61. The van der Waals surface area contributed by atoms with Crippen molar-refractivity contribution in [1.82, 2.24) is 4.98 Å². The first-order valence-corrected chi connectivity index (χ1v) is 13.6. The van der Waals surface area contributed by atoms with Crippen LogP contribution in [0.5, 0.6) is 0 Å². The summed E-state index contributed by atoms with van der Waals surface area (Å²) in [5.74, 6) is 0.324. The number of hydrogen-bond donors (Lipinski definition) is 1. The lowest BCUT2D eigenvalue weighted by Crippen LogP contribution is -2.47. The van der Waals surface area contributed by atoms with Gasteiger partial charge in [-0.2, -0.15) is 0 Å². The van der Waals surface area contributed by atoms with Gasteiger partial charge in [-0.25, -0.2) is 4.98 Å². The van der Waals surface area contributed by atoms with Crippen LogP contribution in [0, 0.1) is 5.41 Å². The molecular weight excluding hydrogens is 472 g/mol. The normalized spacial score (nSPS) is 21.2. The molecule has 1 atom stereocenters. The van der Waals surface area contributed by atoms with Gasteiger partial charge >= 0.3 is 0 Å². The van der Waals surface area contributed by atoms with Gasteiger partial charge in [0.05, 0.1) is 11.1 Å². The Balaban J connectivity index is 1.16. The van der Waals surface area contributed by atoms with Crippen LogP contribution in [-0.4, -0.2) is 10.9 Å². The Labute approximate surface area is 220 Å². The number of rotatable bonds is 4. The van der Waals surface area contributed by atoms with E-state index in [-0.39, 0.29) is 17.7 Å². The van der Waals surface area contributed by atoms with E-state index in [1.165, 1.54) is 44.7 Å². The maximum atomic E-state index is 13.9. The number of nitrogens with one attached hydrogen (secondary N) is 1. The maximum Gasteiger partial charge on any atom is 0.233 e. The summed E-state index contributed by atoms with van der Waals surface area (Å²) in [6, 6.07) is 36.1. The Morgan fingerprint density at radius 1 is 0.757 bits per heavy atom. The van der Waals surface area contributed by atoms with Crippen LogP contribution in [-0.2, 0) is 4.79 Å². The van der Waals surface area contributed by atoms with Crippen molar-refractivity contribution in [2.45, 2.75) is 25.2 Å². The van der Waals surface area contributed by atoms with E-state index in [1.807, 2.05) is 11.4 Å². The SMILES string of the molecule is CC1(C(=O)Nc2nc(-c3ccc(-c4ccccc4)cc3)cs2)CC2c3ccccc3C1c1ccccc12. The maximum absolute atomic E-state index is 13.9. The Morgan fingerprint density at radius 2 is 1.30 bits per heavy atom. The van der Waals surface area contributed by atoms with E-state index >= 15 is 0 Å². The number of thiazole rings is 1. The fraction of sp³-hybridized carbons (Fsp3) is 0.152. The topological polar surface area (TPSA) is 42.0 Å². The van der Waals surface area contributed by atoms with E-state index in [1.54, 1.807) is 0 Å². The molecule has 0 radical (unpaired) electrons. The molecule has 5 aromatic rings. The molecule has 0 fully saturated rings. The van der Waals surface area contributed by atoms with Crippen molar-refractivity contribution < 1.29 is 4.79 Å². The molecular formula is C33H26N2OS. The third kappa shape index (κ3) is 3.55. The van der Waals surface area contributed by atoms with E-state index in [2.05, 4.69) is 109 Å². The molecule has 3 aliphatic rings. The molecule has 3 nitrogen and oxygen atoms in total. The van der Waals surface area contributed by atoms with Crippen LogP contribution in [0.25, 0.3) is 22.4 Å². The van der Waals surface area contributed by atoms with E-state index in [4.69, 9.17) is 4.98 Å². The van der Waals surface area contributed by atoms with Gasteiger partial charge in [0.2, 0.25) is 5.91 Å². The molecule has 1 N–H and O–H groups in total. The third-order valence-electron chi connectivity index (χ3n) is 8.16. The molecule has 1 aromatic heterocycles. The van der Waals surface area contributed by atoms with Crippen molar-refractivity contribution >= 4 is 22.4 Å². The second-order valence-corrected chi connectivity index (χ2v) is 11.2. The summed E-state index contributed by atoms with van der Waals surface area (Å²) in [4.78, 5) is 18.7. The lowest BCUT2D eigenvalue weighted by molar-refractivity contribution is -0.126. The van der Waals surface area contributed by atoms with E-state index in [0.29, 0.717) is 5.13 Å². The van der Waals surface area contributed by atoms with Crippen molar-refractivity contribution in [1.29, 1.82) is 0 Å². The van der Waals surface area contributed by atoms with Gasteiger partial charge in [-0.05, 0) is 46.7 Å². The molecule has 180 valence electrons. The van der Waals surface area contributed by atoms with Crippen molar-refractivity contribution in [3.05, 3.63) is 131 Å². The Kier molecular flexibility index (Phi) is 5.12. The Bertz CT molecular complexity index is 1570. The summed E-state index contributed by atoms with van der Waals surface area (Å²) < 4.78 is 0. The average Bonchev–Trinajstić information content (AvgIpc) is 3.42. The first-order valence-electron chi connectivity index (χ1n) is 12.7. The summed E-state index contributed by atoms with van der Waals surface area (Å²) in [5, 5.41) is 5.86. The molecule has 37 heavy (non-hydrogen) atoms. The second-order valence-electron chi connectivity index (χ2n) is 10.3. The van der Waals surface area contributed by atoms with Crippen LogP contribution in [0.1, 0.15) is 47.4 Å². The van der Waals surface area contributed by atoms with Crippen LogP contribution in [0.15, 0.2) is 109 Å². The van der Waals surface area contributed by atoms with Gasteiger partial charge in [-0.1, -0.05) is 103 Å². The smallest absolute Gasteiger partial charge is 0.233 e. The largest absolute Gasteiger partial charge is 0.301 e. The van der Waals surface area contributed by atoms with E-state index < -0.39 is 5.41 Å². The van der Waals surface area contributed by atoms with Crippen LogP contribution in [0.2, 0.25) is 0 Å². The molecule has 2 bridgehead atoms. The molecule has 4 heteroatoms. The fourth-order valence-electron chi connectivity index (χ4n) is 6.36. The van der Waals surface area contributed by atoms with E-state index in [9.17, 15) is 4.79 Å². The number of benzene rings is 4. The van der Waals surface area contributed by atoms with Crippen molar-refractivity contribution in [2.24, 2.45) is 5.41 Å². The zero-order chi connectivity index (χ0) is 25.0. The number of hydrogen-bond acceptors (Lipinski definition) is 3. The molecule has 1 amide bonds. The lowest BCUT2D eigenvalue weighted by atomic mass is 9.52. The molecule has 0 aliphatic heterocycles. The summed E-state index contributed by atoms with van der Waals surface area (Å²) in [7, 11) is 0. The van der Waals surface area contributed by atoms with Gasteiger partial charge in [0.1, 0.15) is 0 Å². The highest BCUT2D eigenvalue weighted by atomic mass is 32.1. The fourth-order valence-corrected chi connectivity index (χ4v) is 7.07. The van der Waals surface area contributed by atoms with Crippen LogP contribution >= 0.6 is 11.3 Å². The summed E-state index contributed by atoms with van der Waals surface area (Å²) in [5.41, 5.74) is 9.05. The van der Waals surface area contributed by atoms with Gasteiger partial charge in [0.25, 0.3) is 0 Å². The third-order valence-corrected chi connectivity index (χ3v) is 8.92. The van der Waals surface area contributed by atoms with Gasteiger partial charge in [-0.3, -0.25) is 4.79 Å². The minimum atomic E-state index is -0.545. The predicted octanol–water partition coefficient (Wildman–Crippen LogP) is 8.10. The Hall–Kier alpha value is -4.02. The quantitative estimate of drug-likeness (QED) is 0.272. The molecule has 4 aromatic carbocycles. The number of amides is 1. The molecule has 0 saturated carbocycles. The van der Waals surface area contributed by atoms with Gasteiger partial charge in [0.15, 0.2) is 5.13 Å². The molecule has 8 rings (SSSR count). The number of fused-ring (bicyclic) bond motifs is 1. The van der Waals surface area contributed by atoms with Gasteiger partial charge in [-0.15, -0.1) is 11.3 Å². The summed E-state index contributed by atoms with van der Waals surface area (Å²) >= 11 is 1.48. The Morgan fingerprint density at radius 3 is 1.95 bits per heavy atom. The highest BCUT2D eigenvalue weighted by molar-refractivity contribution is 7.14. The number of carbonyl (C=O) groups is 1. The molecule has 1 unspecified atom stereocenters. The second kappa shape index (κ2) is 8.53. The molecule has 0 saturated heterocycles. The van der Waals surface area contributed by atoms with Gasteiger partial charge < -0.3 is 5.32 Å². The highest BCUT2D eigenvalue weighted by Gasteiger charge is 2.53. The predicted molar refractivity (Wildman–Crippen MR) is 151 cm³/mol. The zero-order valence-corrected chi connectivity index (χ0v) is 21.3. The van der Waals surface area contributed by atoms with Gasteiger partial charge in [0, 0.05) is 22.8 Å². The number of aromatic nitrogens is 1. The van der Waals surface area contributed by atoms with Crippen LogP contribution in [0.4, 0.5) is 5.13 Å². The molecule has 3 aliphatic carbocycles. The van der Waals surface area contributed by atoms with Crippen molar-refractivity contribution in [3.8, 4) is 22.4 Å². The minimum absolute atomic E-state index is 0.0369. The first kappa shape index (κ1) is 22.2. The van der Waals surface area contributed by atoms with Crippen molar-refractivity contribution in [3.63, 3.8) is 0 Å². The lowest BCUT2D eigenvalue weighted by Gasteiger charge is -2.50. The van der Waals surface area contributed by atoms with E-state index in [0.717, 1.165) is 17.7 Å². The van der Waals surface area contributed by atoms with Crippen LogP contribution < -0.4 is 5.32 Å². The standard InChI is InChI=1S/C33H26N2OS/c1-33(19-28-24-11-5-7-13-26(24)30(33)27-14-8-6-12-25(27)28)31(36)35-32-34-29(20-37-32)23-17-15-22(16-18-23)21-9-3-2-4-10-21/h2-18,20,28,30H,19H2,1H3,(H,34,35,36). The number of anilines is 1. The number of carbonyl (C=O) groups excluding carboxylic acids is 1. The van der Waals surface area contributed by atoms with Crippen molar-refractivity contribution in [2.75, 3.05) is 5.32 Å². The minimum Gasteiger partial charge on any atom is -0.301 e. The van der Waals surface area contributed by atoms with Crippen LogP contribution in [0.3, 0.4) is 0 Å². The average molecular weight is 499 g/mol. The monoisotopic (exact) mass is 498 g/mol. The summed E-state index contributed by atoms with van der Waals surface area (Å²) in [6.45, 7) is 2.13. The molecule has 0 spiro atoms.